The fourth-order valence-corrected chi connectivity index (χ4v) is 4.19. The average Bonchev–Trinajstić information content (AvgIpc) is 2.63. The zero-order valence-corrected chi connectivity index (χ0v) is 16.5. The number of alkyl halides is 3. The molecule has 0 amide bonds. The zero-order valence-electron chi connectivity index (χ0n) is 15.7. The van der Waals surface area contributed by atoms with Gasteiger partial charge >= 0.3 is 18.1 Å². The summed E-state index contributed by atoms with van der Waals surface area (Å²) < 4.78 is 75.4. The Balaban J connectivity index is 2.22. The van der Waals surface area contributed by atoms with Crippen molar-refractivity contribution >= 4 is 27.9 Å². The van der Waals surface area contributed by atoms with Crippen LogP contribution in [0.2, 0.25) is 0 Å². The lowest BCUT2D eigenvalue weighted by molar-refractivity contribution is -0.222. The van der Waals surface area contributed by atoms with E-state index in [0.717, 1.165) is 12.1 Å². The smallest absolute Gasteiger partial charge is 0.416 e. The zero-order chi connectivity index (χ0) is 22.3. The number of benzene rings is 2. The number of cyclic esters (lactones) is 2. The highest BCUT2D eigenvalue weighted by atomic mass is 32.2. The van der Waals surface area contributed by atoms with Crippen LogP contribution in [-0.4, -0.2) is 26.1 Å². The van der Waals surface area contributed by atoms with Gasteiger partial charge in [0.15, 0.2) is 0 Å². The van der Waals surface area contributed by atoms with Crippen molar-refractivity contribution in [2.75, 3.05) is 0 Å². The Bertz CT molecular complexity index is 1130. The number of hydrogen-bond acceptors (Lipinski definition) is 6. The molecule has 0 spiro atoms. The van der Waals surface area contributed by atoms with E-state index in [-0.39, 0.29) is 4.90 Å². The van der Waals surface area contributed by atoms with Gasteiger partial charge in [0.25, 0.3) is 5.79 Å². The first-order valence-corrected chi connectivity index (χ1v) is 9.99. The van der Waals surface area contributed by atoms with Crippen LogP contribution in [0.15, 0.2) is 63.9 Å². The van der Waals surface area contributed by atoms with Crippen molar-refractivity contribution in [3.8, 4) is 0 Å². The molecule has 2 aromatic rings. The van der Waals surface area contributed by atoms with Crippen LogP contribution in [0.1, 0.15) is 25.0 Å². The second-order valence-electron chi connectivity index (χ2n) is 6.80. The lowest BCUT2D eigenvalue weighted by Crippen LogP contribution is -2.41. The standard InChI is InChI=1S/C20H15F3O6S/c1-19(2)28-17(24)15(18(25)29-19)11-12-10-13(20(21,22)23)8-9-16(12)30(26,27)14-6-4-3-5-7-14/h3-11H,1-2H3. The third kappa shape index (κ3) is 4.23. The molecule has 1 aliphatic rings. The molecule has 0 saturated carbocycles. The predicted octanol–water partition coefficient (Wildman–Crippen LogP) is 3.76. The second-order valence-corrected chi connectivity index (χ2v) is 8.72. The summed E-state index contributed by atoms with van der Waals surface area (Å²) in [4.78, 5) is 23.7. The van der Waals surface area contributed by atoms with E-state index >= 15 is 0 Å². The molecule has 0 N–H and O–H groups in total. The molecule has 10 heteroatoms. The Labute approximate surface area is 169 Å². The topological polar surface area (TPSA) is 86.7 Å². The Morgan fingerprint density at radius 1 is 0.933 bits per heavy atom. The Morgan fingerprint density at radius 2 is 1.50 bits per heavy atom. The molecule has 6 nitrogen and oxygen atoms in total. The summed E-state index contributed by atoms with van der Waals surface area (Å²) in [5, 5.41) is 0. The van der Waals surface area contributed by atoms with Crippen molar-refractivity contribution in [3.05, 3.63) is 65.2 Å². The minimum atomic E-state index is -4.78. The van der Waals surface area contributed by atoms with E-state index < -0.39 is 55.3 Å². The van der Waals surface area contributed by atoms with Crippen LogP contribution in [0.3, 0.4) is 0 Å². The first kappa shape index (κ1) is 21.6. The molecule has 1 aliphatic heterocycles. The fraction of sp³-hybridized carbons (Fsp3) is 0.200. The maximum absolute atomic E-state index is 13.2. The molecular weight excluding hydrogens is 425 g/mol. The van der Waals surface area contributed by atoms with Gasteiger partial charge in [-0.25, -0.2) is 18.0 Å². The first-order chi connectivity index (χ1) is 13.8. The SMILES string of the molecule is CC1(C)OC(=O)C(=Cc2cc(C(F)(F)F)ccc2S(=O)(=O)c2ccccc2)C(=O)O1. The van der Waals surface area contributed by atoms with Crippen LogP contribution < -0.4 is 0 Å². The van der Waals surface area contributed by atoms with Gasteiger partial charge in [0, 0.05) is 13.8 Å². The van der Waals surface area contributed by atoms with Gasteiger partial charge in [-0.3, -0.25) is 0 Å². The number of carbonyl (C=O) groups excluding carboxylic acids is 2. The monoisotopic (exact) mass is 440 g/mol. The lowest BCUT2D eigenvalue weighted by atomic mass is 10.1. The van der Waals surface area contributed by atoms with Crippen molar-refractivity contribution in [3.63, 3.8) is 0 Å². The van der Waals surface area contributed by atoms with Gasteiger partial charge in [0.2, 0.25) is 9.84 Å². The van der Waals surface area contributed by atoms with Gasteiger partial charge in [-0.1, -0.05) is 18.2 Å². The number of halogens is 3. The Morgan fingerprint density at radius 3 is 2.03 bits per heavy atom. The molecule has 0 bridgehead atoms. The van der Waals surface area contributed by atoms with Gasteiger partial charge < -0.3 is 9.47 Å². The lowest BCUT2D eigenvalue weighted by Gasteiger charge is -2.29. The largest absolute Gasteiger partial charge is 0.419 e. The number of carbonyl (C=O) groups is 2. The van der Waals surface area contributed by atoms with E-state index in [9.17, 15) is 31.2 Å². The average molecular weight is 440 g/mol. The highest BCUT2D eigenvalue weighted by Gasteiger charge is 2.39. The van der Waals surface area contributed by atoms with Crippen LogP contribution in [0.5, 0.6) is 0 Å². The summed E-state index contributed by atoms with van der Waals surface area (Å²) in [7, 11) is -4.26. The second kappa shape index (κ2) is 7.28. The summed E-state index contributed by atoms with van der Waals surface area (Å²) in [5.41, 5.74) is -2.38. The van der Waals surface area contributed by atoms with Crippen LogP contribution in [-0.2, 0) is 35.1 Å². The quantitative estimate of drug-likeness (QED) is 0.410. The van der Waals surface area contributed by atoms with E-state index in [0.29, 0.717) is 12.1 Å². The van der Waals surface area contributed by atoms with Crippen molar-refractivity contribution in [2.45, 2.75) is 35.6 Å². The molecule has 158 valence electrons. The molecule has 2 aromatic carbocycles. The summed E-state index contributed by atoms with van der Waals surface area (Å²) in [6, 6.07) is 8.96. The molecule has 1 saturated heterocycles. The molecule has 0 radical (unpaired) electrons. The molecule has 0 atom stereocenters. The maximum Gasteiger partial charge on any atom is 0.416 e. The highest BCUT2D eigenvalue weighted by molar-refractivity contribution is 7.91. The number of sulfone groups is 1. The van der Waals surface area contributed by atoms with E-state index in [2.05, 4.69) is 0 Å². The van der Waals surface area contributed by atoms with Crippen molar-refractivity contribution in [1.82, 2.24) is 0 Å². The molecular formula is C20H15F3O6S. The van der Waals surface area contributed by atoms with Crippen LogP contribution >= 0.6 is 0 Å². The number of esters is 2. The highest BCUT2D eigenvalue weighted by Crippen LogP contribution is 2.35. The van der Waals surface area contributed by atoms with Gasteiger partial charge in [-0.2, -0.15) is 13.2 Å². The number of hydrogen-bond donors (Lipinski definition) is 0. The van der Waals surface area contributed by atoms with E-state index in [1.54, 1.807) is 6.07 Å². The molecule has 3 rings (SSSR count). The molecule has 30 heavy (non-hydrogen) atoms. The minimum Gasteiger partial charge on any atom is -0.419 e. The van der Waals surface area contributed by atoms with Crippen molar-refractivity contribution < 1.29 is 40.7 Å². The molecule has 0 unspecified atom stereocenters. The summed E-state index contributed by atoms with van der Waals surface area (Å²) in [6.45, 7) is 2.60. The Hall–Kier alpha value is -3.14. The van der Waals surface area contributed by atoms with Gasteiger partial charge in [-0.15, -0.1) is 0 Å². The number of rotatable bonds is 3. The molecule has 1 heterocycles. The summed E-state index contributed by atoms with van der Waals surface area (Å²) in [6.07, 6.45) is -4.05. The van der Waals surface area contributed by atoms with E-state index in [4.69, 9.17) is 9.47 Å². The van der Waals surface area contributed by atoms with Crippen molar-refractivity contribution in [2.24, 2.45) is 0 Å². The third-order valence-corrected chi connectivity index (χ3v) is 5.94. The van der Waals surface area contributed by atoms with Crippen molar-refractivity contribution in [1.29, 1.82) is 0 Å². The van der Waals surface area contributed by atoms with Crippen LogP contribution in [0, 0.1) is 0 Å². The van der Waals surface area contributed by atoms with E-state index in [1.165, 1.54) is 38.1 Å². The number of ether oxygens (including phenoxy) is 2. The van der Waals surface area contributed by atoms with Gasteiger partial charge in [0.1, 0.15) is 5.57 Å². The summed E-state index contributed by atoms with van der Waals surface area (Å²) >= 11 is 0. The molecule has 1 fully saturated rings. The van der Waals surface area contributed by atoms with Gasteiger partial charge in [0.05, 0.1) is 15.4 Å². The van der Waals surface area contributed by atoms with Crippen LogP contribution in [0.25, 0.3) is 6.08 Å². The third-order valence-electron chi connectivity index (χ3n) is 4.10. The van der Waals surface area contributed by atoms with Gasteiger partial charge in [-0.05, 0) is 42.0 Å². The predicted molar refractivity (Wildman–Crippen MR) is 97.6 cm³/mol. The van der Waals surface area contributed by atoms with E-state index in [1.807, 2.05) is 0 Å². The Kier molecular flexibility index (Phi) is 5.23. The maximum atomic E-state index is 13.2. The van der Waals surface area contributed by atoms with Crippen LogP contribution in [0.4, 0.5) is 13.2 Å². The molecule has 0 aromatic heterocycles. The normalized spacial score (nSPS) is 16.6. The minimum absolute atomic E-state index is 0.167. The fourth-order valence-electron chi connectivity index (χ4n) is 2.74. The summed E-state index contributed by atoms with van der Waals surface area (Å²) in [5.74, 6) is -3.84. The molecule has 0 aliphatic carbocycles. The first-order valence-electron chi connectivity index (χ1n) is 8.51.